The number of nitrogens with zero attached hydrogens (tertiary/aromatic N) is 2. The first-order valence-electron chi connectivity index (χ1n) is 9.14. The number of fused-ring (bicyclic) bond motifs is 1. The first-order chi connectivity index (χ1) is 13.4. The van der Waals surface area contributed by atoms with Gasteiger partial charge in [-0.25, -0.2) is 4.98 Å². The number of carbonyl (C=O) groups is 3. The maximum Gasteiger partial charge on any atom is 0.255 e. The number of imide groups is 1. The molecule has 0 spiro atoms. The summed E-state index contributed by atoms with van der Waals surface area (Å²) >= 11 is 1.49. The zero-order valence-corrected chi connectivity index (χ0v) is 16.2. The lowest BCUT2D eigenvalue weighted by molar-refractivity contribution is -0.136. The van der Waals surface area contributed by atoms with Crippen molar-refractivity contribution in [2.75, 3.05) is 5.32 Å². The third-order valence-corrected chi connectivity index (χ3v) is 5.92. The fourth-order valence-electron chi connectivity index (χ4n) is 3.56. The predicted molar refractivity (Wildman–Crippen MR) is 105 cm³/mol. The molecule has 1 aromatic carbocycles. The van der Waals surface area contributed by atoms with Crippen LogP contribution in [0.25, 0.3) is 0 Å². The zero-order valence-electron chi connectivity index (χ0n) is 15.4. The van der Waals surface area contributed by atoms with Crippen molar-refractivity contribution in [1.82, 2.24) is 15.2 Å². The molecule has 2 aliphatic heterocycles. The maximum absolute atomic E-state index is 12.8. The molecule has 0 bridgehead atoms. The molecule has 0 saturated carbocycles. The Kier molecular flexibility index (Phi) is 4.86. The van der Waals surface area contributed by atoms with E-state index in [1.165, 1.54) is 11.3 Å². The summed E-state index contributed by atoms with van der Waals surface area (Å²) in [5, 5.41) is 8.31. The number of amides is 3. The Morgan fingerprint density at radius 1 is 1.39 bits per heavy atom. The molecule has 28 heavy (non-hydrogen) atoms. The standard InChI is InChI=1S/C19H21N5O3S/c1-10(20)14-9-28-19(22-14)21-7-11-3-2-4-12-13(11)8-24(18(12)27)15-5-6-16(25)23-17(15)26/h2-4,9-10,15H,5-8,20H2,1H3,(H,21,22)(H,23,25,26)/t10-,15?/m0/s1. The minimum atomic E-state index is -0.606. The maximum atomic E-state index is 12.8. The molecule has 3 amide bonds. The van der Waals surface area contributed by atoms with Gasteiger partial charge in [-0.3, -0.25) is 19.7 Å². The van der Waals surface area contributed by atoms with Crippen molar-refractivity contribution in [2.24, 2.45) is 5.73 Å². The number of carbonyl (C=O) groups excluding carboxylic acids is 3. The lowest BCUT2D eigenvalue weighted by Crippen LogP contribution is -2.52. The van der Waals surface area contributed by atoms with Gasteiger partial charge in [0.15, 0.2) is 5.13 Å². The van der Waals surface area contributed by atoms with E-state index in [1.54, 1.807) is 11.0 Å². The predicted octanol–water partition coefficient (Wildman–Crippen LogP) is 1.54. The largest absolute Gasteiger partial charge is 0.357 e. The highest BCUT2D eigenvalue weighted by Gasteiger charge is 2.39. The van der Waals surface area contributed by atoms with Gasteiger partial charge in [0, 0.05) is 36.5 Å². The molecule has 3 heterocycles. The number of hydrogen-bond donors (Lipinski definition) is 3. The molecule has 1 unspecified atom stereocenters. The van der Waals surface area contributed by atoms with Crippen LogP contribution >= 0.6 is 11.3 Å². The van der Waals surface area contributed by atoms with Crippen LogP contribution in [-0.2, 0) is 22.7 Å². The average Bonchev–Trinajstić information content (AvgIpc) is 3.26. The lowest BCUT2D eigenvalue weighted by Gasteiger charge is -2.29. The van der Waals surface area contributed by atoms with E-state index in [-0.39, 0.29) is 24.3 Å². The molecule has 1 fully saturated rings. The number of aromatic nitrogens is 1. The van der Waals surface area contributed by atoms with E-state index in [1.807, 2.05) is 24.4 Å². The van der Waals surface area contributed by atoms with Gasteiger partial charge in [0.1, 0.15) is 6.04 Å². The quantitative estimate of drug-likeness (QED) is 0.657. The van der Waals surface area contributed by atoms with Crippen LogP contribution in [0.15, 0.2) is 23.6 Å². The lowest BCUT2D eigenvalue weighted by atomic mass is 10.0. The fraction of sp³-hybridized carbons (Fsp3) is 0.368. The Morgan fingerprint density at radius 3 is 2.93 bits per heavy atom. The van der Waals surface area contributed by atoms with Crippen LogP contribution < -0.4 is 16.4 Å². The van der Waals surface area contributed by atoms with Crippen molar-refractivity contribution in [1.29, 1.82) is 0 Å². The van der Waals surface area contributed by atoms with Gasteiger partial charge < -0.3 is 16.0 Å². The van der Waals surface area contributed by atoms with Crippen molar-refractivity contribution in [2.45, 2.75) is 44.9 Å². The van der Waals surface area contributed by atoms with E-state index in [0.717, 1.165) is 22.0 Å². The second-order valence-corrected chi connectivity index (χ2v) is 7.92. The van der Waals surface area contributed by atoms with Gasteiger partial charge in [-0.2, -0.15) is 0 Å². The van der Waals surface area contributed by atoms with Crippen LogP contribution in [0.4, 0.5) is 5.13 Å². The van der Waals surface area contributed by atoms with Gasteiger partial charge in [-0.1, -0.05) is 12.1 Å². The fourth-order valence-corrected chi connectivity index (χ4v) is 4.38. The molecular weight excluding hydrogens is 378 g/mol. The monoisotopic (exact) mass is 399 g/mol. The molecule has 4 rings (SSSR count). The second kappa shape index (κ2) is 7.33. The number of thiazole rings is 1. The second-order valence-electron chi connectivity index (χ2n) is 7.06. The molecule has 4 N–H and O–H groups in total. The highest BCUT2D eigenvalue weighted by Crippen LogP contribution is 2.30. The van der Waals surface area contributed by atoms with Crippen molar-refractivity contribution < 1.29 is 14.4 Å². The van der Waals surface area contributed by atoms with Gasteiger partial charge in [0.05, 0.1) is 5.69 Å². The molecular formula is C19H21N5O3S. The first-order valence-corrected chi connectivity index (χ1v) is 10.0. The van der Waals surface area contributed by atoms with Gasteiger partial charge >= 0.3 is 0 Å². The van der Waals surface area contributed by atoms with Crippen LogP contribution in [0.2, 0.25) is 0 Å². The molecule has 8 nitrogen and oxygen atoms in total. The van der Waals surface area contributed by atoms with Crippen LogP contribution in [0, 0.1) is 0 Å². The molecule has 9 heteroatoms. The van der Waals surface area contributed by atoms with Gasteiger partial charge in [0.2, 0.25) is 11.8 Å². The van der Waals surface area contributed by atoms with E-state index in [2.05, 4.69) is 15.6 Å². The minimum Gasteiger partial charge on any atom is -0.357 e. The Balaban J connectivity index is 1.51. The van der Waals surface area contributed by atoms with E-state index in [0.29, 0.717) is 25.1 Å². The topological polar surface area (TPSA) is 117 Å². The smallest absolute Gasteiger partial charge is 0.255 e. The summed E-state index contributed by atoms with van der Waals surface area (Å²) in [5.74, 6) is -0.854. The molecule has 146 valence electrons. The highest BCUT2D eigenvalue weighted by atomic mass is 32.1. The zero-order chi connectivity index (χ0) is 19.8. The summed E-state index contributed by atoms with van der Waals surface area (Å²) in [4.78, 5) is 42.4. The van der Waals surface area contributed by atoms with Crippen molar-refractivity contribution in [3.05, 3.63) is 46.0 Å². The van der Waals surface area contributed by atoms with Crippen LogP contribution in [0.3, 0.4) is 0 Å². The minimum absolute atomic E-state index is 0.118. The molecule has 0 aliphatic carbocycles. The van der Waals surface area contributed by atoms with Crippen molar-refractivity contribution in [3.63, 3.8) is 0 Å². The molecule has 1 saturated heterocycles. The van der Waals surface area contributed by atoms with Gasteiger partial charge in [-0.05, 0) is 30.5 Å². The summed E-state index contributed by atoms with van der Waals surface area (Å²) in [6.45, 7) is 2.77. The van der Waals surface area contributed by atoms with E-state index >= 15 is 0 Å². The third-order valence-electron chi connectivity index (χ3n) is 5.10. The third kappa shape index (κ3) is 3.38. The van der Waals surface area contributed by atoms with Crippen molar-refractivity contribution >= 4 is 34.2 Å². The number of nitrogens with two attached hydrogens (primary N) is 1. The van der Waals surface area contributed by atoms with E-state index in [9.17, 15) is 14.4 Å². The first kappa shape index (κ1) is 18.6. The molecule has 2 aliphatic rings. The van der Waals surface area contributed by atoms with Crippen LogP contribution in [0.1, 0.15) is 53.0 Å². The Morgan fingerprint density at radius 2 is 2.21 bits per heavy atom. The number of benzene rings is 1. The highest BCUT2D eigenvalue weighted by molar-refractivity contribution is 7.13. The van der Waals surface area contributed by atoms with E-state index in [4.69, 9.17) is 5.73 Å². The number of hydrogen-bond acceptors (Lipinski definition) is 7. The number of piperidine rings is 1. The molecule has 1 aromatic heterocycles. The SMILES string of the molecule is C[C@H](N)c1csc(NCc2cccc3c2CN(C2CCC(=O)NC2=O)C3=O)n1. The van der Waals surface area contributed by atoms with E-state index < -0.39 is 11.9 Å². The molecule has 2 aromatic rings. The molecule has 0 radical (unpaired) electrons. The number of anilines is 1. The summed E-state index contributed by atoms with van der Waals surface area (Å²) in [6, 6.07) is 4.87. The average molecular weight is 399 g/mol. The van der Waals surface area contributed by atoms with Crippen LogP contribution in [0.5, 0.6) is 0 Å². The Labute approximate surface area is 166 Å². The summed E-state index contributed by atoms with van der Waals surface area (Å²) in [7, 11) is 0. The Hall–Kier alpha value is -2.78. The number of nitrogens with one attached hydrogen (secondary N) is 2. The Bertz CT molecular complexity index is 955. The summed E-state index contributed by atoms with van der Waals surface area (Å²) in [5.41, 5.74) is 9.19. The normalized spacial score (nSPS) is 20.1. The molecule has 2 atom stereocenters. The van der Waals surface area contributed by atoms with Crippen molar-refractivity contribution in [3.8, 4) is 0 Å². The van der Waals surface area contributed by atoms with Crippen LogP contribution in [-0.4, -0.2) is 33.6 Å². The number of rotatable bonds is 5. The van der Waals surface area contributed by atoms with Gasteiger partial charge in [0.25, 0.3) is 5.91 Å². The summed E-state index contributed by atoms with van der Waals surface area (Å²) < 4.78 is 0. The van der Waals surface area contributed by atoms with Gasteiger partial charge in [-0.15, -0.1) is 11.3 Å². The summed E-state index contributed by atoms with van der Waals surface area (Å²) in [6.07, 6.45) is 0.605.